The monoisotopic (exact) mass is 430 g/mol. The van der Waals surface area contributed by atoms with Crippen LogP contribution < -0.4 is 10.6 Å². The molecule has 0 atom stereocenters. The minimum atomic E-state index is -4.49. The van der Waals surface area contributed by atoms with Crippen LogP contribution in [0.25, 0.3) is 22.2 Å². The molecule has 30 heavy (non-hydrogen) atoms. The first kappa shape index (κ1) is 19.6. The van der Waals surface area contributed by atoms with Gasteiger partial charge in [-0.15, -0.1) is 11.3 Å². The van der Waals surface area contributed by atoms with E-state index >= 15 is 0 Å². The fourth-order valence-electron chi connectivity index (χ4n) is 2.64. The lowest BCUT2D eigenvalue weighted by molar-refractivity contribution is -0.137. The predicted octanol–water partition coefficient (Wildman–Crippen LogP) is 6.13. The van der Waals surface area contributed by atoms with E-state index in [0.29, 0.717) is 23.0 Å². The maximum Gasteiger partial charge on any atom is 0.416 e. The number of nitrogens with one attached hydrogen (secondary N) is 2. The Morgan fingerprint density at radius 1 is 0.967 bits per heavy atom. The molecule has 2 amide bonds. The van der Waals surface area contributed by atoms with E-state index in [1.165, 1.54) is 23.5 Å². The summed E-state index contributed by atoms with van der Waals surface area (Å²) in [6.07, 6.45) is -4.49. The van der Waals surface area contributed by atoms with E-state index in [2.05, 4.69) is 20.8 Å². The fraction of sp³-hybridized carbons (Fsp3) is 0.0500. The van der Waals surface area contributed by atoms with Crippen molar-refractivity contribution in [3.63, 3.8) is 0 Å². The van der Waals surface area contributed by atoms with E-state index < -0.39 is 17.8 Å². The van der Waals surface area contributed by atoms with Crippen molar-refractivity contribution in [2.75, 3.05) is 10.6 Å². The number of benzene rings is 2. The normalized spacial score (nSPS) is 11.3. The zero-order valence-electron chi connectivity index (χ0n) is 15.1. The number of urea groups is 1. The van der Waals surface area contributed by atoms with E-state index in [4.69, 9.17) is 4.52 Å². The van der Waals surface area contributed by atoms with Gasteiger partial charge in [0.15, 0.2) is 0 Å². The lowest BCUT2D eigenvalue weighted by Crippen LogP contribution is -2.19. The highest BCUT2D eigenvalue weighted by Crippen LogP contribution is 2.31. The predicted molar refractivity (Wildman–Crippen MR) is 107 cm³/mol. The summed E-state index contributed by atoms with van der Waals surface area (Å²) in [4.78, 5) is 17.4. The molecule has 0 saturated carbocycles. The number of aromatic nitrogens is 2. The van der Waals surface area contributed by atoms with Crippen molar-refractivity contribution in [1.29, 1.82) is 0 Å². The van der Waals surface area contributed by atoms with Crippen molar-refractivity contribution in [3.8, 4) is 22.2 Å². The minimum Gasteiger partial charge on any atom is -0.333 e. The van der Waals surface area contributed by atoms with Gasteiger partial charge in [-0.05, 0) is 41.8 Å². The van der Waals surface area contributed by atoms with Crippen molar-refractivity contribution >= 4 is 28.7 Å². The van der Waals surface area contributed by atoms with Crippen LogP contribution in [0.3, 0.4) is 0 Å². The van der Waals surface area contributed by atoms with E-state index in [-0.39, 0.29) is 5.69 Å². The molecule has 2 N–H and O–H groups in total. The molecule has 0 unspecified atom stereocenters. The summed E-state index contributed by atoms with van der Waals surface area (Å²) in [6.45, 7) is 0. The number of amides is 2. The molecule has 0 aliphatic rings. The summed E-state index contributed by atoms with van der Waals surface area (Å²) < 4.78 is 43.7. The molecule has 10 heteroatoms. The van der Waals surface area contributed by atoms with Crippen LogP contribution in [0.4, 0.5) is 29.3 Å². The largest absolute Gasteiger partial charge is 0.416 e. The van der Waals surface area contributed by atoms with E-state index in [0.717, 1.165) is 17.0 Å². The summed E-state index contributed by atoms with van der Waals surface area (Å²) in [5.41, 5.74) is 0.205. The highest BCUT2D eigenvalue weighted by atomic mass is 32.1. The van der Waals surface area contributed by atoms with Crippen molar-refractivity contribution in [3.05, 3.63) is 71.6 Å². The van der Waals surface area contributed by atoms with Crippen molar-refractivity contribution in [2.45, 2.75) is 6.18 Å². The van der Waals surface area contributed by atoms with Gasteiger partial charge in [0.25, 0.3) is 5.89 Å². The lowest BCUT2D eigenvalue weighted by atomic mass is 10.2. The number of nitrogens with zero attached hydrogens (tertiary/aromatic N) is 2. The van der Waals surface area contributed by atoms with Crippen LogP contribution in [0.1, 0.15) is 5.56 Å². The Morgan fingerprint density at radius 2 is 1.70 bits per heavy atom. The molecule has 0 saturated heterocycles. The summed E-state index contributed by atoms with van der Waals surface area (Å²) in [6, 6.07) is 14.1. The van der Waals surface area contributed by atoms with Gasteiger partial charge in [0, 0.05) is 16.9 Å². The quantitative estimate of drug-likeness (QED) is 0.408. The van der Waals surface area contributed by atoms with Gasteiger partial charge in [0.2, 0.25) is 5.82 Å². The first-order chi connectivity index (χ1) is 14.4. The van der Waals surface area contributed by atoms with Crippen molar-refractivity contribution in [2.24, 2.45) is 0 Å². The number of carbonyl (C=O) groups excluding carboxylic acids is 1. The average molecular weight is 430 g/mol. The number of hydrogen-bond donors (Lipinski definition) is 2. The number of thiophene rings is 1. The maximum absolute atomic E-state index is 12.8. The second kappa shape index (κ2) is 7.99. The average Bonchev–Trinajstić information content (AvgIpc) is 3.39. The lowest BCUT2D eigenvalue weighted by Gasteiger charge is -2.11. The zero-order chi connectivity index (χ0) is 21.1. The standard InChI is InChI=1S/C20H13F3N4O2S/c21-20(22,23)13-5-2-7-15(11-13)25-19(28)24-14-6-1-4-12(10-14)17-26-18(29-27-17)16-8-3-9-30-16/h1-11H,(H2,24,25,28). The summed E-state index contributed by atoms with van der Waals surface area (Å²) in [5.74, 6) is 0.737. The molecular weight excluding hydrogens is 417 g/mol. The van der Waals surface area contributed by atoms with Crippen LogP contribution >= 0.6 is 11.3 Å². The molecule has 6 nitrogen and oxygen atoms in total. The van der Waals surface area contributed by atoms with Gasteiger partial charge in [-0.2, -0.15) is 18.2 Å². The molecule has 0 aliphatic carbocycles. The Bertz CT molecular complexity index is 1170. The highest BCUT2D eigenvalue weighted by Gasteiger charge is 2.30. The van der Waals surface area contributed by atoms with E-state index in [1.54, 1.807) is 24.3 Å². The highest BCUT2D eigenvalue weighted by molar-refractivity contribution is 7.13. The molecular formula is C20H13F3N4O2S. The summed E-state index contributed by atoms with van der Waals surface area (Å²) >= 11 is 1.47. The van der Waals surface area contributed by atoms with E-state index in [9.17, 15) is 18.0 Å². The Kier molecular flexibility index (Phi) is 5.23. The van der Waals surface area contributed by atoms with Crippen LogP contribution in [0.15, 0.2) is 70.6 Å². The van der Waals surface area contributed by atoms with Gasteiger partial charge in [0.05, 0.1) is 10.4 Å². The van der Waals surface area contributed by atoms with Crippen molar-refractivity contribution in [1.82, 2.24) is 10.1 Å². The molecule has 2 heterocycles. The smallest absolute Gasteiger partial charge is 0.333 e. The molecule has 4 rings (SSSR count). The third-order valence-electron chi connectivity index (χ3n) is 3.98. The Balaban J connectivity index is 1.46. The van der Waals surface area contributed by atoms with Gasteiger partial charge in [-0.3, -0.25) is 0 Å². The first-order valence-corrected chi connectivity index (χ1v) is 9.50. The summed E-state index contributed by atoms with van der Waals surface area (Å²) in [5, 5.41) is 10.8. The molecule has 152 valence electrons. The van der Waals surface area contributed by atoms with Gasteiger partial charge in [-0.1, -0.05) is 29.4 Å². The molecule has 2 aromatic heterocycles. The van der Waals surface area contributed by atoms with Gasteiger partial charge in [0.1, 0.15) is 0 Å². The van der Waals surface area contributed by atoms with E-state index in [1.807, 2.05) is 17.5 Å². The molecule has 0 fully saturated rings. The molecule has 0 aliphatic heterocycles. The third kappa shape index (κ3) is 4.49. The first-order valence-electron chi connectivity index (χ1n) is 8.62. The maximum atomic E-state index is 12.8. The molecule has 0 bridgehead atoms. The summed E-state index contributed by atoms with van der Waals surface area (Å²) in [7, 11) is 0. The second-order valence-electron chi connectivity index (χ2n) is 6.14. The van der Waals surface area contributed by atoms with Crippen molar-refractivity contribution < 1.29 is 22.5 Å². The molecule has 0 spiro atoms. The van der Waals surface area contributed by atoms with Crippen LogP contribution in [0.2, 0.25) is 0 Å². The van der Waals surface area contributed by atoms with Gasteiger partial charge in [-0.25, -0.2) is 4.79 Å². The van der Waals surface area contributed by atoms with Crippen LogP contribution in [-0.2, 0) is 6.18 Å². The van der Waals surface area contributed by atoms with Crippen LogP contribution in [-0.4, -0.2) is 16.2 Å². The fourth-order valence-corrected chi connectivity index (χ4v) is 3.29. The Hall–Kier alpha value is -3.66. The van der Waals surface area contributed by atoms with Crippen LogP contribution in [0.5, 0.6) is 0 Å². The number of anilines is 2. The molecule has 2 aromatic carbocycles. The molecule has 4 aromatic rings. The number of halogens is 3. The second-order valence-corrected chi connectivity index (χ2v) is 7.09. The number of alkyl halides is 3. The Labute approximate surface area is 172 Å². The molecule has 0 radical (unpaired) electrons. The topological polar surface area (TPSA) is 80.1 Å². The Morgan fingerprint density at radius 3 is 2.40 bits per heavy atom. The number of hydrogen-bond acceptors (Lipinski definition) is 5. The number of carbonyl (C=O) groups is 1. The van der Waals surface area contributed by atoms with Gasteiger partial charge >= 0.3 is 12.2 Å². The minimum absolute atomic E-state index is 0.0252. The third-order valence-corrected chi connectivity index (χ3v) is 4.84. The zero-order valence-corrected chi connectivity index (χ0v) is 15.9. The number of rotatable bonds is 4. The SMILES string of the molecule is O=C(Nc1cccc(-c2noc(-c3cccs3)n2)c1)Nc1cccc(C(F)(F)F)c1. The van der Waals surface area contributed by atoms with Crippen LogP contribution in [0, 0.1) is 0 Å². The van der Waals surface area contributed by atoms with Gasteiger partial charge < -0.3 is 15.2 Å².